The molecule has 104 valence electrons. The molecule has 1 spiro atoms. The summed E-state index contributed by atoms with van der Waals surface area (Å²) < 4.78 is 17.5. The molecule has 4 heteroatoms. The molecule has 0 amide bonds. The first-order valence-electron chi connectivity index (χ1n) is 7.00. The second-order valence-corrected chi connectivity index (χ2v) is 5.45. The summed E-state index contributed by atoms with van der Waals surface area (Å²) in [5, 5.41) is 0. The maximum atomic E-state index is 6.06. The van der Waals surface area contributed by atoms with E-state index in [0.29, 0.717) is 0 Å². The zero-order chi connectivity index (χ0) is 13.1. The minimum absolute atomic E-state index is 0.0263. The van der Waals surface area contributed by atoms with Crippen LogP contribution < -0.4 is 10.5 Å². The Labute approximate surface area is 113 Å². The van der Waals surface area contributed by atoms with Crippen molar-refractivity contribution in [1.82, 2.24) is 0 Å². The number of hydrogen-bond donors (Lipinski definition) is 1. The summed E-state index contributed by atoms with van der Waals surface area (Å²) in [6.45, 7) is 2.36. The Kier molecular flexibility index (Phi) is 3.62. The van der Waals surface area contributed by atoms with Crippen molar-refractivity contribution in [1.29, 1.82) is 0 Å². The Hall–Kier alpha value is -1.26. The summed E-state index contributed by atoms with van der Waals surface area (Å²) in [4.78, 5) is 0. The van der Waals surface area contributed by atoms with E-state index in [0.717, 1.165) is 56.9 Å². The molecule has 0 bridgehead atoms. The Bertz CT molecular complexity index is 424. The lowest BCUT2D eigenvalue weighted by Gasteiger charge is -2.43. The third-order valence-corrected chi connectivity index (χ3v) is 4.01. The lowest BCUT2D eigenvalue weighted by atomic mass is 9.85. The monoisotopic (exact) mass is 263 g/mol. The first-order chi connectivity index (χ1) is 9.26. The van der Waals surface area contributed by atoms with Gasteiger partial charge < -0.3 is 19.9 Å². The molecule has 2 heterocycles. The molecular formula is C15H21NO3. The van der Waals surface area contributed by atoms with Crippen molar-refractivity contribution in [3.05, 3.63) is 24.3 Å². The molecule has 0 aliphatic carbocycles. The molecule has 19 heavy (non-hydrogen) atoms. The molecule has 1 atom stereocenters. The van der Waals surface area contributed by atoms with E-state index >= 15 is 0 Å². The average molecular weight is 263 g/mol. The van der Waals surface area contributed by atoms with Gasteiger partial charge >= 0.3 is 0 Å². The smallest absolute Gasteiger partial charge is 0.121 e. The van der Waals surface area contributed by atoms with Crippen LogP contribution in [0, 0.1) is 0 Å². The van der Waals surface area contributed by atoms with Crippen LogP contribution in [0.15, 0.2) is 24.3 Å². The number of ether oxygens (including phenoxy) is 3. The van der Waals surface area contributed by atoms with E-state index in [1.165, 1.54) is 0 Å². The van der Waals surface area contributed by atoms with Gasteiger partial charge in [0.1, 0.15) is 11.9 Å². The van der Waals surface area contributed by atoms with Crippen LogP contribution in [0.4, 0.5) is 5.69 Å². The van der Waals surface area contributed by atoms with Gasteiger partial charge in [0.15, 0.2) is 0 Å². The van der Waals surface area contributed by atoms with E-state index in [9.17, 15) is 0 Å². The van der Waals surface area contributed by atoms with Crippen molar-refractivity contribution in [2.24, 2.45) is 0 Å². The fraction of sp³-hybridized carbons (Fsp3) is 0.600. The first kappa shape index (κ1) is 12.8. The summed E-state index contributed by atoms with van der Waals surface area (Å²) in [6.07, 6.45) is 4.06. The number of benzene rings is 1. The third-order valence-electron chi connectivity index (χ3n) is 4.01. The van der Waals surface area contributed by atoms with Gasteiger partial charge in [-0.05, 0) is 25.0 Å². The minimum atomic E-state index is -0.0263. The zero-order valence-electron chi connectivity index (χ0n) is 11.1. The number of hydrogen-bond acceptors (Lipinski definition) is 4. The minimum Gasteiger partial charge on any atom is -0.490 e. The summed E-state index contributed by atoms with van der Waals surface area (Å²) >= 11 is 0. The maximum Gasteiger partial charge on any atom is 0.121 e. The molecule has 0 radical (unpaired) electrons. The molecule has 1 unspecified atom stereocenters. The number of nitrogens with two attached hydrogens (primary N) is 1. The van der Waals surface area contributed by atoms with E-state index in [1.54, 1.807) is 0 Å². The largest absolute Gasteiger partial charge is 0.490 e. The van der Waals surface area contributed by atoms with Gasteiger partial charge in [0.25, 0.3) is 0 Å². The highest BCUT2D eigenvalue weighted by Gasteiger charge is 2.39. The molecular weight excluding hydrogens is 242 g/mol. The highest BCUT2D eigenvalue weighted by molar-refractivity contribution is 5.43. The highest BCUT2D eigenvalue weighted by Crippen LogP contribution is 2.35. The van der Waals surface area contributed by atoms with Crippen molar-refractivity contribution < 1.29 is 14.2 Å². The van der Waals surface area contributed by atoms with E-state index < -0.39 is 0 Å². The van der Waals surface area contributed by atoms with Gasteiger partial charge in [-0.25, -0.2) is 0 Å². The van der Waals surface area contributed by atoms with Gasteiger partial charge in [0.2, 0.25) is 0 Å². The molecule has 1 aromatic carbocycles. The van der Waals surface area contributed by atoms with Crippen LogP contribution in [0.2, 0.25) is 0 Å². The Morgan fingerprint density at radius 3 is 2.84 bits per heavy atom. The van der Waals surface area contributed by atoms with Gasteiger partial charge in [0, 0.05) is 37.8 Å². The number of anilines is 1. The molecule has 0 saturated carbocycles. The lowest BCUT2D eigenvalue weighted by Crippen LogP contribution is -2.47. The zero-order valence-corrected chi connectivity index (χ0v) is 11.1. The van der Waals surface area contributed by atoms with Crippen LogP contribution in [0.25, 0.3) is 0 Å². The number of nitrogen functional groups attached to an aromatic ring is 1. The molecule has 2 aliphatic heterocycles. The van der Waals surface area contributed by atoms with Gasteiger partial charge in [-0.1, -0.05) is 6.07 Å². The van der Waals surface area contributed by atoms with E-state index in [4.69, 9.17) is 19.9 Å². The maximum absolute atomic E-state index is 6.06. The molecule has 1 aromatic rings. The second kappa shape index (κ2) is 5.39. The highest BCUT2D eigenvalue weighted by atomic mass is 16.5. The van der Waals surface area contributed by atoms with Crippen LogP contribution in [-0.4, -0.2) is 31.5 Å². The van der Waals surface area contributed by atoms with Crippen LogP contribution in [0.1, 0.15) is 25.7 Å². The first-order valence-corrected chi connectivity index (χ1v) is 7.00. The van der Waals surface area contributed by atoms with Crippen LogP contribution in [-0.2, 0) is 9.47 Å². The summed E-state index contributed by atoms with van der Waals surface area (Å²) in [6, 6.07) is 7.64. The van der Waals surface area contributed by atoms with Gasteiger partial charge in [-0.3, -0.25) is 0 Å². The van der Waals surface area contributed by atoms with Gasteiger partial charge in [-0.15, -0.1) is 0 Å². The van der Waals surface area contributed by atoms with E-state index in [-0.39, 0.29) is 11.7 Å². The summed E-state index contributed by atoms with van der Waals surface area (Å²) in [5.74, 6) is 0.856. The van der Waals surface area contributed by atoms with E-state index in [1.807, 2.05) is 24.3 Å². The average Bonchev–Trinajstić information content (AvgIpc) is 2.40. The van der Waals surface area contributed by atoms with Crippen molar-refractivity contribution in [2.75, 3.05) is 25.6 Å². The van der Waals surface area contributed by atoms with Crippen LogP contribution in [0.5, 0.6) is 5.75 Å². The molecule has 2 aliphatic rings. The second-order valence-electron chi connectivity index (χ2n) is 5.45. The van der Waals surface area contributed by atoms with E-state index in [2.05, 4.69) is 0 Å². The normalized spacial score (nSPS) is 26.2. The lowest BCUT2D eigenvalue weighted by molar-refractivity contribution is -0.155. The third kappa shape index (κ3) is 3.01. The molecule has 0 aromatic heterocycles. The van der Waals surface area contributed by atoms with Crippen molar-refractivity contribution in [2.45, 2.75) is 37.4 Å². The predicted octanol–water partition coefficient (Wildman–Crippen LogP) is 2.38. The molecule has 2 N–H and O–H groups in total. The molecule has 4 nitrogen and oxygen atoms in total. The molecule has 3 rings (SSSR count). The van der Waals surface area contributed by atoms with Crippen molar-refractivity contribution in [3.8, 4) is 5.75 Å². The van der Waals surface area contributed by atoms with Gasteiger partial charge in [-0.2, -0.15) is 0 Å². The SMILES string of the molecule is Nc1cccc(OC2CCOC3(CCOCC3)C2)c1. The Morgan fingerprint density at radius 2 is 2.05 bits per heavy atom. The number of rotatable bonds is 2. The van der Waals surface area contributed by atoms with Crippen molar-refractivity contribution >= 4 is 5.69 Å². The molecule has 2 saturated heterocycles. The fourth-order valence-electron chi connectivity index (χ4n) is 2.96. The Morgan fingerprint density at radius 1 is 1.21 bits per heavy atom. The summed E-state index contributed by atoms with van der Waals surface area (Å²) in [7, 11) is 0. The molecule has 2 fully saturated rings. The summed E-state index contributed by atoms with van der Waals surface area (Å²) in [5.41, 5.74) is 6.49. The predicted molar refractivity (Wildman–Crippen MR) is 73.2 cm³/mol. The fourth-order valence-corrected chi connectivity index (χ4v) is 2.96. The standard InChI is InChI=1S/C15H21NO3/c16-12-2-1-3-13(10-12)19-14-4-7-18-15(11-14)5-8-17-9-6-15/h1-3,10,14H,4-9,11,16H2. The Balaban J connectivity index is 1.65. The van der Waals surface area contributed by atoms with Crippen LogP contribution in [0.3, 0.4) is 0 Å². The van der Waals surface area contributed by atoms with Crippen molar-refractivity contribution in [3.63, 3.8) is 0 Å². The van der Waals surface area contributed by atoms with Gasteiger partial charge in [0.05, 0.1) is 12.2 Å². The van der Waals surface area contributed by atoms with Crippen LogP contribution >= 0.6 is 0 Å². The quantitative estimate of drug-likeness (QED) is 0.832. The topological polar surface area (TPSA) is 53.7 Å².